The van der Waals surface area contributed by atoms with Crippen LogP contribution in [0.25, 0.3) is 0 Å². The van der Waals surface area contributed by atoms with Crippen molar-refractivity contribution in [2.75, 3.05) is 32.3 Å². The molecule has 5 nitrogen and oxygen atoms in total. The molecule has 0 spiro atoms. The maximum absolute atomic E-state index is 12.1. The van der Waals surface area contributed by atoms with Gasteiger partial charge in [-0.05, 0) is 30.2 Å². The van der Waals surface area contributed by atoms with Crippen LogP contribution < -0.4 is 15.4 Å². The van der Waals surface area contributed by atoms with Crippen LogP contribution in [0.2, 0.25) is 0 Å². The molecule has 0 bridgehead atoms. The number of carbonyl (C=O) groups is 1. The standard InChI is InChI=1S/C13H18N2O3/c1-17-8-11(14)13(16)15-6-5-9-7-10(18-2)3-4-12(9)15/h3-4,7,11H,5-6,8,14H2,1-2H3. The van der Waals surface area contributed by atoms with Gasteiger partial charge in [-0.2, -0.15) is 0 Å². The molecule has 0 aliphatic carbocycles. The first-order chi connectivity index (χ1) is 8.67. The monoisotopic (exact) mass is 250 g/mol. The molecule has 1 aliphatic rings. The Bertz CT molecular complexity index is 448. The predicted octanol–water partition coefficient (Wildman–Crippen LogP) is 0.558. The second-order valence-electron chi connectivity index (χ2n) is 4.30. The molecule has 98 valence electrons. The number of anilines is 1. The highest BCUT2D eigenvalue weighted by molar-refractivity contribution is 5.99. The molecule has 0 radical (unpaired) electrons. The highest BCUT2D eigenvalue weighted by Gasteiger charge is 2.28. The molecule has 1 aliphatic heterocycles. The van der Waals surface area contributed by atoms with Crippen LogP contribution in [0, 0.1) is 0 Å². The van der Waals surface area contributed by atoms with Crippen LogP contribution in [0.15, 0.2) is 18.2 Å². The Morgan fingerprint density at radius 2 is 2.28 bits per heavy atom. The number of nitrogens with zero attached hydrogens (tertiary/aromatic N) is 1. The van der Waals surface area contributed by atoms with Crippen molar-refractivity contribution >= 4 is 11.6 Å². The Hall–Kier alpha value is -1.59. The summed E-state index contributed by atoms with van der Waals surface area (Å²) in [7, 11) is 3.17. The Morgan fingerprint density at radius 3 is 2.94 bits per heavy atom. The summed E-state index contributed by atoms with van der Waals surface area (Å²) in [5, 5.41) is 0. The molecular weight excluding hydrogens is 232 g/mol. The quantitative estimate of drug-likeness (QED) is 0.848. The number of carbonyl (C=O) groups excluding carboxylic acids is 1. The average Bonchev–Trinajstić information content (AvgIpc) is 2.80. The second-order valence-corrected chi connectivity index (χ2v) is 4.30. The van der Waals surface area contributed by atoms with Gasteiger partial charge in [0.2, 0.25) is 5.91 Å². The number of amides is 1. The van der Waals surface area contributed by atoms with Gasteiger partial charge in [0.1, 0.15) is 11.8 Å². The second kappa shape index (κ2) is 5.37. The number of rotatable bonds is 4. The summed E-state index contributed by atoms with van der Waals surface area (Å²) in [5.41, 5.74) is 7.82. The normalized spacial score (nSPS) is 15.4. The van der Waals surface area contributed by atoms with E-state index < -0.39 is 6.04 Å². The first-order valence-corrected chi connectivity index (χ1v) is 5.90. The maximum atomic E-state index is 12.1. The maximum Gasteiger partial charge on any atom is 0.246 e. The lowest BCUT2D eigenvalue weighted by atomic mass is 10.1. The van der Waals surface area contributed by atoms with Crippen LogP contribution in [0.1, 0.15) is 5.56 Å². The Labute approximate surface area is 106 Å². The molecule has 5 heteroatoms. The van der Waals surface area contributed by atoms with Gasteiger partial charge in [-0.3, -0.25) is 4.79 Å². The topological polar surface area (TPSA) is 64.8 Å². The number of fused-ring (bicyclic) bond motifs is 1. The van der Waals surface area contributed by atoms with Crippen molar-refractivity contribution in [1.82, 2.24) is 0 Å². The third-order valence-corrected chi connectivity index (χ3v) is 3.11. The van der Waals surface area contributed by atoms with Crippen LogP contribution in [-0.2, 0) is 16.0 Å². The molecule has 2 rings (SSSR count). The summed E-state index contributed by atoms with van der Waals surface area (Å²) in [6.07, 6.45) is 0.831. The number of hydrogen-bond acceptors (Lipinski definition) is 4. The zero-order chi connectivity index (χ0) is 13.1. The van der Waals surface area contributed by atoms with Gasteiger partial charge in [-0.1, -0.05) is 0 Å². The Kier molecular flexibility index (Phi) is 3.84. The van der Waals surface area contributed by atoms with Gasteiger partial charge in [0, 0.05) is 19.3 Å². The number of benzene rings is 1. The average molecular weight is 250 g/mol. The van der Waals surface area contributed by atoms with E-state index in [0.29, 0.717) is 6.54 Å². The third-order valence-electron chi connectivity index (χ3n) is 3.11. The smallest absolute Gasteiger partial charge is 0.246 e. The van der Waals surface area contributed by atoms with Crippen molar-refractivity contribution in [3.05, 3.63) is 23.8 Å². The van der Waals surface area contributed by atoms with E-state index in [9.17, 15) is 4.79 Å². The number of methoxy groups -OCH3 is 2. The Balaban J connectivity index is 2.18. The molecule has 0 saturated heterocycles. The van der Waals surface area contributed by atoms with E-state index >= 15 is 0 Å². The lowest BCUT2D eigenvalue weighted by Gasteiger charge is -2.21. The Morgan fingerprint density at radius 1 is 1.50 bits per heavy atom. The molecule has 0 aromatic heterocycles. The van der Waals surface area contributed by atoms with E-state index in [4.69, 9.17) is 15.2 Å². The van der Waals surface area contributed by atoms with E-state index in [-0.39, 0.29) is 12.5 Å². The fourth-order valence-corrected chi connectivity index (χ4v) is 2.19. The molecule has 0 fully saturated rings. The summed E-state index contributed by atoms with van der Waals surface area (Å²) in [6.45, 7) is 0.902. The SMILES string of the molecule is COCC(N)C(=O)N1CCc2cc(OC)ccc21. The van der Waals surface area contributed by atoms with E-state index in [1.807, 2.05) is 18.2 Å². The van der Waals surface area contributed by atoms with Gasteiger partial charge in [0.25, 0.3) is 0 Å². The van der Waals surface area contributed by atoms with Crippen LogP contribution in [0.3, 0.4) is 0 Å². The van der Waals surface area contributed by atoms with Gasteiger partial charge < -0.3 is 20.1 Å². The van der Waals surface area contributed by atoms with Crippen LogP contribution in [0.4, 0.5) is 5.69 Å². The fourth-order valence-electron chi connectivity index (χ4n) is 2.19. The van der Waals surface area contributed by atoms with Crippen molar-refractivity contribution in [2.45, 2.75) is 12.5 Å². The molecule has 0 saturated carbocycles. The van der Waals surface area contributed by atoms with Gasteiger partial charge in [-0.25, -0.2) is 0 Å². The van der Waals surface area contributed by atoms with Crippen LogP contribution in [-0.4, -0.2) is 39.3 Å². The van der Waals surface area contributed by atoms with Crippen molar-refractivity contribution in [3.8, 4) is 5.75 Å². The van der Waals surface area contributed by atoms with Crippen molar-refractivity contribution in [1.29, 1.82) is 0 Å². The minimum atomic E-state index is -0.608. The minimum absolute atomic E-state index is 0.0965. The third kappa shape index (κ3) is 2.32. The van der Waals surface area contributed by atoms with Crippen molar-refractivity contribution < 1.29 is 14.3 Å². The van der Waals surface area contributed by atoms with Gasteiger partial charge >= 0.3 is 0 Å². The van der Waals surface area contributed by atoms with Crippen molar-refractivity contribution in [2.24, 2.45) is 5.73 Å². The summed E-state index contributed by atoms with van der Waals surface area (Å²) in [5.74, 6) is 0.713. The van der Waals surface area contributed by atoms with Gasteiger partial charge in [0.15, 0.2) is 0 Å². The molecule has 1 heterocycles. The zero-order valence-corrected chi connectivity index (χ0v) is 10.7. The summed E-state index contributed by atoms with van der Waals surface area (Å²) < 4.78 is 10.1. The molecule has 18 heavy (non-hydrogen) atoms. The fraction of sp³-hybridized carbons (Fsp3) is 0.462. The lowest BCUT2D eigenvalue weighted by Crippen LogP contribution is -2.45. The van der Waals surface area contributed by atoms with E-state index in [1.165, 1.54) is 7.11 Å². The minimum Gasteiger partial charge on any atom is -0.497 e. The largest absolute Gasteiger partial charge is 0.497 e. The van der Waals surface area contributed by atoms with Crippen LogP contribution in [0.5, 0.6) is 5.75 Å². The summed E-state index contributed by atoms with van der Waals surface area (Å²) in [4.78, 5) is 13.9. The zero-order valence-electron chi connectivity index (χ0n) is 10.7. The molecule has 1 atom stereocenters. The summed E-state index contributed by atoms with van der Waals surface area (Å²) >= 11 is 0. The first kappa shape index (κ1) is 12.9. The van der Waals surface area contributed by atoms with E-state index in [1.54, 1.807) is 12.0 Å². The van der Waals surface area contributed by atoms with Gasteiger partial charge in [0.05, 0.1) is 13.7 Å². The molecule has 2 N–H and O–H groups in total. The molecule has 1 aromatic carbocycles. The summed E-state index contributed by atoms with van der Waals surface area (Å²) in [6, 6.07) is 5.11. The van der Waals surface area contributed by atoms with Crippen LogP contribution >= 0.6 is 0 Å². The highest BCUT2D eigenvalue weighted by Crippen LogP contribution is 2.31. The first-order valence-electron chi connectivity index (χ1n) is 5.90. The highest BCUT2D eigenvalue weighted by atomic mass is 16.5. The lowest BCUT2D eigenvalue weighted by molar-refractivity contribution is -0.120. The number of ether oxygens (including phenoxy) is 2. The van der Waals surface area contributed by atoms with Gasteiger partial charge in [-0.15, -0.1) is 0 Å². The predicted molar refractivity (Wildman–Crippen MR) is 68.9 cm³/mol. The van der Waals surface area contributed by atoms with E-state index in [2.05, 4.69) is 0 Å². The van der Waals surface area contributed by atoms with Crippen molar-refractivity contribution in [3.63, 3.8) is 0 Å². The van der Waals surface area contributed by atoms with E-state index in [0.717, 1.165) is 23.4 Å². The number of hydrogen-bond donors (Lipinski definition) is 1. The molecule has 1 aromatic rings. The molecule has 1 unspecified atom stereocenters. The number of nitrogens with two attached hydrogens (primary N) is 1. The molecule has 1 amide bonds. The molecular formula is C13H18N2O3.